The molecular formula is C11H15N3OS. The Morgan fingerprint density at radius 1 is 1.50 bits per heavy atom. The Balaban J connectivity index is 2.01. The van der Waals surface area contributed by atoms with Crippen LogP contribution in [-0.2, 0) is 6.54 Å². The molecule has 0 bridgehead atoms. The molecule has 0 aliphatic carbocycles. The second kappa shape index (κ2) is 4.76. The summed E-state index contributed by atoms with van der Waals surface area (Å²) in [6.07, 6.45) is 1.82. The molecule has 0 aliphatic heterocycles. The smallest absolute Gasteiger partial charge is 0.138 e. The highest BCUT2D eigenvalue weighted by atomic mass is 32.1. The maximum absolute atomic E-state index is 5.15. The third-order valence-electron chi connectivity index (χ3n) is 2.56. The van der Waals surface area contributed by atoms with Crippen LogP contribution in [0.15, 0.2) is 16.1 Å². The Labute approximate surface area is 98.7 Å². The van der Waals surface area contributed by atoms with Gasteiger partial charge in [0.2, 0.25) is 0 Å². The van der Waals surface area contributed by atoms with Crippen LogP contribution in [0.4, 0.5) is 0 Å². The van der Waals surface area contributed by atoms with Crippen molar-refractivity contribution in [3.63, 3.8) is 0 Å². The largest absolute Gasteiger partial charge is 0.361 e. The van der Waals surface area contributed by atoms with Crippen molar-refractivity contribution >= 4 is 11.3 Å². The van der Waals surface area contributed by atoms with Crippen LogP contribution in [0.5, 0.6) is 0 Å². The SMILES string of the molecule is Cc1noc(C)c1C(C)NCc1nccs1. The molecule has 86 valence electrons. The molecule has 0 aromatic carbocycles. The molecule has 2 aromatic heterocycles. The van der Waals surface area contributed by atoms with E-state index in [1.165, 1.54) is 0 Å². The first-order valence-electron chi connectivity index (χ1n) is 5.23. The summed E-state index contributed by atoms with van der Waals surface area (Å²) in [4.78, 5) is 4.23. The van der Waals surface area contributed by atoms with Gasteiger partial charge in [-0.1, -0.05) is 5.16 Å². The Morgan fingerprint density at radius 3 is 2.88 bits per heavy atom. The van der Waals surface area contributed by atoms with Gasteiger partial charge < -0.3 is 9.84 Å². The van der Waals surface area contributed by atoms with Crippen molar-refractivity contribution in [2.75, 3.05) is 0 Å². The summed E-state index contributed by atoms with van der Waals surface area (Å²) in [6, 6.07) is 0.232. The number of nitrogens with one attached hydrogen (secondary N) is 1. The van der Waals surface area contributed by atoms with Gasteiger partial charge in [0.25, 0.3) is 0 Å². The van der Waals surface area contributed by atoms with Crippen LogP contribution in [0.1, 0.15) is 35.0 Å². The van der Waals surface area contributed by atoms with Gasteiger partial charge in [0.05, 0.1) is 5.69 Å². The summed E-state index contributed by atoms with van der Waals surface area (Å²) in [7, 11) is 0. The van der Waals surface area contributed by atoms with Crippen molar-refractivity contribution < 1.29 is 4.52 Å². The fourth-order valence-corrected chi connectivity index (χ4v) is 2.36. The number of thiazole rings is 1. The quantitative estimate of drug-likeness (QED) is 0.888. The molecule has 2 aromatic rings. The average molecular weight is 237 g/mol. The van der Waals surface area contributed by atoms with Crippen molar-refractivity contribution in [1.29, 1.82) is 0 Å². The highest BCUT2D eigenvalue weighted by Crippen LogP contribution is 2.21. The molecule has 0 fully saturated rings. The zero-order valence-corrected chi connectivity index (χ0v) is 10.5. The third kappa shape index (κ3) is 2.31. The molecule has 5 heteroatoms. The summed E-state index contributed by atoms with van der Waals surface area (Å²) in [5, 5.41) is 10.5. The fourth-order valence-electron chi connectivity index (χ4n) is 1.79. The van der Waals surface area contributed by atoms with E-state index in [1.807, 2.05) is 25.4 Å². The number of hydrogen-bond acceptors (Lipinski definition) is 5. The average Bonchev–Trinajstić information content (AvgIpc) is 2.86. The molecule has 2 heterocycles. The molecule has 0 radical (unpaired) electrons. The molecule has 2 rings (SSSR count). The van der Waals surface area contributed by atoms with E-state index in [0.717, 1.165) is 28.6 Å². The van der Waals surface area contributed by atoms with Crippen LogP contribution in [0, 0.1) is 13.8 Å². The van der Waals surface area contributed by atoms with E-state index in [0.29, 0.717) is 0 Å². The van der Waals surface area contributed by atoms with E-state index in [9.17, 15) is 0 Å². The number of aromatic nitrogens is 2. The van der Waals surface area contributed by atoms with Gasteiger partial charge in [0.15, 0.2) is 0 Å². The normalized spacial score (nSPS) is 12.9. The minimum atomic E-state index is 0.232. The molecule has 0 aliphatic rings. The van der Waals surface area contributed by atoms with E-state index in [1.54, 1.807) is 11.3 Å². The lowest BCUT2D eigenvalue weighted by Crippen LogP contribution is -2.18. The van der Waals surface area contributed by atoms with E-state index in [-0.39, 0.29) is 6.04 Å². The van der Waals surface area contributed by atoms with Crippen molar-refractivity contribution in [3.05, 3.63) is 33.6 Å². The van der Waals surface area contributed by atoms with Crippen molar-refractivity contribution in [3.8, 4) is 0 Å². The van der Waals surface area contributed by atoms with Crippen molar-refractivity contribution in [2.45, 2.75) is 33.4 Å². The molecule has 4 nitrogen and oxygen atoms in total. The standard InChI is InChI=1S/C11H15N3OS/c1-7(11-8(2)14-15-9(11)3)13-6-10-12-4-5-16-10/h4-5,7,13H,6H2,1-3H3. The highest BCUT2D eigenvalue weighted by molar-refractivity contribution is 7.09. The predicted molar refractivity (Wildman–Crippen MR) is 63.3 cm³/mol. The zero-order valence-electron chi connectivity index (χ0n) is 9.65. The monoisotopic (exact) mass is 237 g/mol. The lowest BCUT2D eigenvalue weighted by molar-refractivity contribution is 0.390. The van der Waals surface area contributed by atoms with Gasteiger partial charge in [-0.3, -0.25) is 0 Å². The summed E-state index contributed by atoms with van der Waals surface area (Å²) >= 11 is 1.66. The maximum Gasteiger partial charge on any atom is 0.138 e. The molecule has 0 saturated carbocycles. The molecular weight excluding hydrogens is 222 g/mol. The van der Waals surface area contributed by atoms with Crippen molar-refractivity contribution in [1.82, 2.24) is 15.5 Å². The molecule has 16 heavy (non-hydrogen) atoms. The summed E-state index contributed by atoms with van der Waals surface area (Å²) in [5.41, 5.74) is 2.10. The maximum atomic E-state index is 5.15. The van der Waals surface area contributed by atoms with Crippen LogP contribution in [0.2, 0.25) is 0 Å². The second-order valence-corrected chi connectivity index (χ2v) is 4.75. The summed E-state index contributed by atoms with van der Waals surface area (Å²) in [6.45, 7) is 6.80. The van der Waals surface area contributed by atoms with Gasteiger partial charge in [-0.15, -0.1) is 11.3 Å². The first kappa shape index (κ1) is 11.3. The van der Waals surface area contributed by atoms with Gasteiger partial charge >= 0.3 is 0 Å². The van der Waals surface area contributed by atoms with Crippen LogP contribution in [0.25, 0.3) is 0 Å². The van der Waals surface area contributed by atoms with Crippen LogP contribution < -0.4 is 5.32 Å². The Kier molecular flexibility index (Phi) is 3.36. The minimum Gasteiger partial charge on any atom is -0.361 e. The Morgan fingerprint density at radius 2 is 2.31 bits per heavy atom. The lowest BCUT2D eigenvalue weighted by atomic mass is 10.1. The second-order valence-electron chi connectivity index (χ2n) is 3.77. The molecule has 0 saturated heterocycles. The highest BCUT2D eigenvalue weighted by Gasteiger charge is 2.15. The van der Waals surface area contributed by atoms with E-state index < -0.39 is 0 Å². The first-order chi connectivity index (χ1) is 7.68. The van der Waals surface area contributed by atoms with Gasteiger partial charge in [-0.05, 0) is 20.8 Å². The Bertz CT molecular complexity index is 430. The topological polar surface area (TPSA) is 51.0 Å². The molecule has 0 amide bonds. The van der Waals surface area contributed by atoms with Crippen molar-refractivity contribution in [2.24, 2.45) is 0 Å². The lowest BCUT2D eigenvalue weighted by Gasteiger charge is -2.12. The molecule has 1 unspecified atom stereocenters. The number of aryl methyl sites for hydroxylation is 2. The number of rotatable bonds is 4. The summed E-state index contributed by atoms with van der Waals surface area (Å²) in [5.74, 6) is 0.886. The van der Waals surface area contributed by atoms with Gasteiger partial charge in [-0.2, -0.15) is 0 Å². The van der Waals surface area contributed by atoms with Gasteiger partial charge in [-0.25, -0.2) is 4.98 Å². The third-order valence-corrected chi connectivity index (χ3v) is 3.34. The predicted octanol–water partition coefficient (Wildman–Crippen LogP) is 2.60. The summed E-state index contributed by atoms with van der Waals surface area (Å²) < 4.78 is 5.15. The molecule has 1 N–H and O–H groups in total. The van der Waals surface area contributed by atoms with E-state index >= 15 is 0 Å². The fraction of sp³-hybridized carbons (Fsp3) is 0.455. The minimum absolute atomic E-state index is 0.232. The number of hydrogen-bond donors (Lipinski definition) is 1. The van der Waals surface area contributed by atoms with E-state index in [4.69, 9.17) is 4.52 Å². The van der Waals surface area contributed by atoms with Gasteiger partial charge in [0, 0.05) is 29.7 Å². The molecule has 0 spiro atoms. The van der Waals surface area contributed by atoms with Gasteiger partial charge in [0.1, 0.15) is 10.8 Å². The molecule has 1 atom stereocenters. The van der Waals surface area contributed by atoms with Crippen LogP contribution in [-0.4, -0.2) is 10.1 Å². The van der Waals surface area contributed by atoms with Crippen LogP contribution in [0.3, 0.4) is 0 Å². The zero-order chi connectivity index (χ0) is 11.5. The Hall–Kier alpha value is -1.20. The first-order valence-corrected chi connectivity index (χ1v) is 6.11. The number of nitrogens with zero attached hydrogens (tertiary/aromatic N) is 2. The van der Waals surface area contributed by atoms with E-state index in [2.05, 4.69) is 22.4 Å². The van der Waals surface area contributed by atoms with Crippen LogP contribution >= 0.6 is 11.3 Å².